The molecule has 0 atom stereocenters. The van der Waals surface area contributed by atoms with Crippen molar-refractivity contribution in [2.24, 2.45) is 19.1 Å². The van der Waals surface area contributed by atoms with Crippen LogP contribution in [0.1, 0.15) is 11.1 Å². The lowest BCUT2D eigenvalue weighted by Gasteiger charge is -2.07. The van der Waals surface area contributed by atoms with Crippen LogP contribution >= 0.6 is 11.6 Å². The Hall–Kier alpha value is -2.34. The van der Waals surface area contributed by atoms with Crippen LogP contribution in [-0.4, -0.2) is 20.5 Å². The number of nitrogens with zero attached hydrogens (tertiary/aromatic N) is 3. The van der Waals surface area contributed by atoms with Gasteiger partial charge in [0.2, 0.25) is 5.88 Å². The van der Waals surface area contributed by atoms with Crippen LogP contribution in [-0.2, 0) is 14.1 Å². The molecule has 1 heterocycles. The van der Waals surface area contributed by atoms with E-state index in [1.54, 1.807) is 18.2 Å². The zero-order valence-electron chi connectivity index (χ0n) is 11.8. The molecule has 6 nitrogen and oxygen atoms in total. The summed E-state index contributed by atoms with van der Waals surface area (Å²) in [5.74, 6) is -0.425. The second kappa shape index (κ2) is 5.57. The maximum absolute atomic E-state index is 12.0. The van der Waals surface area contributed by atoms with Crippen molar-refractivity contribution in [3.05, 3.63) is 55.2 Å². The van der Waals surface area contributed by atoms with Crippen LogP contribution in [0, 0.1) is 6.92 Å². The van der Waals surface area contributed by atoms with Gasteiger partial charge in [-0.25, -0.2) is 4.79 Å². The van der Waals surface area contributed by atoms with Gasteiger partial charge in [0.15, 0.2) is 0 Å². The third-order valence-electron chi connectivity index (χ3n) is 3.17. The van der Waals surface area contributed by atoms with E-state index >= 15 is 0 Å². The van der Waals surface area contributed by atoms with Gasteiger partial charge in [0.25, 0.3) is 5.56 Å². The molecular formula is C14H14ClN3O3. The molecule has 2 rings (SSSR count). The van der Waals surface area contributed by atoms with E-state index in [9.17, 15) is 14.7 Å². The van der Waals surface area contributed by atoms with E-state index in [1.165, 1.54) is 20.3 Å². The van der Waals surface area contributed by atoms with Crippen LogP contribution in [0.4, 0.5) is 5.69 Å². The summed E-state index contributed by atoms with van der Waals surface area (Å²) in [6.45, 7) is 1.85. The number of aromatic nitrogens is 2. The second-order valence-corrected chi connectivity index (χ2v) is 5.07. The molecular weight excluding hydrogens is 294 g/mol. The van der Waals surface area contributed by atoms with Crippen LogP contribution in [0.3, 0.4) is 0 Å². The van der Waals surface area contributed by atoms with Gasteiger partial charge in [-0.05, 0) is 24.6 Å². The monoisotopic (exact) mass is 307 g/mol. The molecule has 1 aromatic carbocycles. The highest BCUT2D eigenvalue weighted by atomic mass is 35.5. The first-order valence-electron chi connectivity index (χ1n) is 6.12. The quantitative estimate of drug-likeness (QED) is 0.854. The van der Waals surface area contributed by atoms with Gasteiger partial charge in [0.05, 0.1) is 5.69 Å². The van der Waals surface area contributed by atoms with Crippen molar-refractivity contribution in [2.45, 2.75) is 6.92 Å². The van der Waals surface area contributed by atoms with E-state index in [-0.39, 0.29) is 5.56 Å². The predicted molar refractivity (Wildman–Crippen MR) is 82.0 cm³/mol. The number of hydrogen-bond donors (Lipinski definition) is 1. The van der Waals surface area contributed by atoms with Gasteiger partial charge in [-0.1, -0.05) is 17.7 Å². The van der Waals surface area contributed by atoms with Gasteiger partial charge < -0.3 is 5.11 Å². The van der Waals surface area contributed by atoms with E-state index < -0.39 is 17.1 Å². The van der Waals surface area contributed by atoms with Crippen molar-refractivity contribution in [2.75, 3.05) is 0 Å². The summed E-state index contributed by atoms with van der Waals surface area (Å²) in [6.07, 6.45) is 1.23. The fourth-order valence-corrected chi connectivity index (χ4v) is 1.99. The number of benzene rings is 1. The summed E-state index contributed by atoms with van der Waals surface area (Å²) in [6, 6.07) is 5.18. The maximum atomic E-state index is 12.0. The smallest absolute Gasteiger partial charge is 0.333 e. The van der Waals surface area contributed by atoms with E-state index in [1.807, 2.05) is 6.92 Å². The molecule has 0 amide bonds. The van der Waals surface area contributed by atoms with E-state index in [0.29, 0.717) is 10.7 Å². The van der Waals surface area contributed by atoms with Crippen molar-refractivity contribution in [3.63, 3.8) is 0 Å². The minimum Gasteiger partial charge on any atom is -0.494 e. The SMILES string of the molecule is Cc1ccc(Cl)cc1N=Cc1c(O)n(C)c(=O)n(C)c1=O. The van der Waals surface area contributed by atoms with Crippen LogP contribution in [0.25, 0.3) is 0 Å². The predicted octanol–water partition coefficient (Wildman–Crippen LogP) is 1.50. The summed E-state index contributed by atoms with van der Waals surface area (Å²) in [7, 11) is 2.71. The van der Waals surface area contributed by atoms with Crippen molar-refractivity contribution in [3.8, 4) is 5.88 Å². The maximum Gasteiger partial charge on any atom is 0.333 e. The third kappa shape index (κ3) is 2.75. The fourth-order valence-electron chi connectivity index (χ4n) is 1.83. The Morgan fingerprint density at radius 1 is 1.24 bits per heavy atom. The number of hydrogen-bond acceptors (Lipinski definition) is 4. The van der Waals surface area contributed by atoms with Crippen molar-refractivity contribution >= 4 is 23.5 Å². The number of aryl methyl sites for hydroxylation is 1. The lowest BCUT2D eigenvalue weighted by atomic mass is 10.2. The largest absolute Gasteiger partial charge is 0.494 e. The Balaban J connectivity index is 2.59. The van der Waals surface area contributed by atoms with Gasteiger partial charge in [-0.2, -0.15) is 0 Å². The Labute approximate surface area is 125 Å². The molecule has 0 aliphatic rings. The second-order valence-electron chi connectivity index (χ2n) is 4.63. The molecule has 0 aliphatic carbocycles. The lowest BCUT2D eigenvalue weighted by molar-refractivity contribution is 0.410. The lowest BCUT2D eigenvalue weighted by Crippen LogP contribution is -2.38. The molecule has 0 radical (unpaired) electrons. The summed E-state index contributed by atoms with van der Waals surface area (Å²) < 4.78 is 1.89. The summed E-state index contributed by atoms with van der Waals surface area (Å²) in [5, 5.41) is 10.4. The Kier molecular flexibility index (Phi) is 3.99. The highest BCUT2D eigenvalue weighted by Crippen LogP contribution is 2.23. The molecule has 21 heavy (non-hydrogen) atoms. The molecule has 2 aromatic rings. The van der Waals surface area contributed by atoms with Gasteiger partial charge in [-0.15, -0.1) is 0 Å². The number of rotatable bonds is 2. The van der Waals surface area contributed by atoms with Crippen LogP contribution < -0.4 is 11.2 Å². The van der Waals surface area contributed by atoms with Gasteiger partial charge in [0, 0.05) is 25.3 Å². The van der Waals surface area contributed by atoms with E-state index in [4.69, 9.17) is 11.6 Å². The summed E-state index contributed by atoms with van der Waals surface area (Å²) >= 11 is 5.90. The van der Waals surface area contributed by atoms with Crippen molar-refractivity contribution in [1.29, 1.82) is 0 Å². The average Bonchev–Trinajstić information content (AvgIpc) is 2.46. The first kappa shape index (κ1) is 15.1. The topological polar surface area (TPSA) is 76.6 Å². The molecule has 0 fully saturated rings. The van der Waals surface area contributed by atoms with Gasteiger partial charge in [0.1, 0.15) is 5.56 Å². The van der Waals surface area contributed by atoms with Crippen molar-refractivity contribution < 1.29 is 5.11 Å². The average molecular weight is 308 g/mol. The first-order chi connectivity index (χ1) is 9.82. The highest BCUT2D eigenvalue weighted by molar-refractivity contribution is 6.30. The molecule has 0 unspecified atom stereocenters. The molecule has 0 spiro atoms. The fraction of sp³-hybridized carbons (Fsp3) is 0.214. The first-order valence-corrected chi connectivity index (χ1v) is 6.50. The molecule has 0 saturated carbocycles. The normalized spacial score (nSPS) is 11.2. The van der Waals surface area contributed by atoms with Crippen LogP contribution in [0.15, 0.2) is 32.8 Å². The Morgan fingerprint density at radius 3 is 2.57 bits per heavy atom. The molecule has 0 saturated heterocycles. The summed E-state index contributed by atoms with van der Waals surface area (Å²) in [4.78, 5) is 27.8. The highest BCUT2D eigenvalue weighted by Gasteiger charge is 2.12. The molecule has 0 bridgehead atoms. The third-order valence-corrected chi connectivity index (χ3v) is 3.41. The zero-order valence-corrected chi connectivity index (χ0v) is 12.5. The number of aliphatic imine (C=N–C) groups is 1. The van der Waals surface area contributed by atoms with Crippen LogP contribution in [0.5, 0.6) is 5.88 Å². The zero-order chi connectivity index (χ0) is 15.7. The van der Waals surface area contributed by atoms with Gasteiger partial charge >= 0.3 is 5.69 Å². The Bertz CT molecular complexity index is 850. The molecule has 1 N–H and O–H groups in total. The van der Waals surface area contributed by atoms with E-state index in [2.05, 4.69) is 4.99 Å². The minimum atomic E-state index is -0.612. The number of aromatic hydroxyl groups is 1. The molecule has 110 valence electrons. The molecule has 1 aromatic heterocycles. The minimum absolute atomic E-state index is 0.0565. The molecule has 0 aliphatic heterocycles. The van der Waals surface area contributed by atoms with Crippen molar-refractivity contribution in [1.82, 2.24) is 9.13 Å². The van der Waals surface area contributed by atoms with E-state index in [0.717, 1.165) is 14.7 Å². The molecule has 7 heteroatoms. The number of halogens is 1. The summed E-state index contributed by atoms with van der Waals surface area (Å²) in [5.41, 5.74) is 0.182. The van der Waals surface area contributed by atoms with Gasteiger partial charge in [-0.3, -0.25) is 18.9 Å². The standard InChI is InChI=1S/C14H14ClN3O3/c1-8-4-5-9(15)6-11(8)16-7-10-12(19)17(2)14(21)18(3)13(10)20/h4-7,19H,1-3H3. The Morgan fingerprint density at radius 2 is 1.90 bits per heavy atom. The van der Waals surface area contributed by atoms with Crippen LogP contribution in [0.2, 0.25) is 5.02 Å².